The molecule has 4 rings (SSSR count). The van der Waals surface area contributed by atoms with Crippen LogP contribution in [0.25, 0.3) is 32.6 Å². The van der Waals surface area contributed by atoms with Crippen molar-refractivity contribution in [3.63, 3.8) is 0 Å². The predicted octanol–water partition coefficient (Wildman–Crippen LogP) is 4.68. The second-order valence-electron chi connectivity index (χ2n) is 4.66. The second kappa shape index (κ2) is 3.75. The molecule has 0 saturated heterocycles. The summed E-state index contributed by atoms with van der Waals surface area (Å²) < 4.78 is 13.9. The molecule has 0 amide bonds. The molecule has 19 heavy (non-hydrogen) atoms. The number of hydrogen-bond donors (Lipinski definition) is 0. The van der Waals surface area contributed by atoms with E-state index in [2.05, 4.69) is 11.1 Å². The molecule has 0 bridgehead atoms. The van der Waals surface area contributed by atoms with Crippen LogP contribution in [0.3, 0.4) is 0 Å². The van der Waals surface area contributed by atoms with Gasteiger partial charge in [-0.15, -0.1) is 0 Å². The van der Waals surface area contributed by atoms with Gasteiger partial charge in [-0.2, -0.15) is 0 Å². The predicted molar refractivity (Wildman–Crippen MR) is 76.7 cm³/mol. The van der Waals surface area contributed by atoms with Gasteiger partial charge < -0.3 is 0 Å². The van der Waals surface area contributed by atoms with Gasteiger partial charge in [-0.3, -0.25) is 0 Å². The van der Waals surface area contributed by atoms with Gasteiger partial charge in [0.25, 0.3) is 0 Å². The van der Waals surface area contributed by atoms with Crippen molar-refractivity contribution < 1.29 is 4.39 Å². The van der Waals surface area contributed by atoms with Crippen LogP contribution in [0.4, 0.5) is 4.39 Å². The Labute approximate surface area is 109 Å². The molecular weight excluding hydrogens is 237 g/mol. The van der Waals surface area contributed by atoms with Gasteiger partial charge in [0.2, 0.25) is 0 Å². The highest BCUT2D eigenvalue weighted by Crippen LogP contribution is 2.27. The lowest BCUT2D eigenvalue weighted by Crippen LogP contribution is -1.87. The Morgan fingerprint density at radius 2 is 1.42 bits per heavy atom. The molecule has 0 aliphatic heterocycles. The minimum Gasteiger partial charge on any atom is -0.244 e. The Kier molecular flexibility index (Phi) is 2.06. The van der Waals surface area contributed by atoms with Crippen LogP contribution in [-0.4, -0.2) is 4.98 Å². The number of aromatic nitrogens is 1. The Morgan fingerprint density at radius 3 is 2.37 bits per heavy atom. The van der Waals surface area contributed by atoms with Gasteiger partial charge in [0.15, 0.2) is 0 Å². The molecule has 1 nitrogen and oxygen atoms in total. The Morgan fingerprint density at radius 1 is 0.684 bits per heavy atom. The fourth-order valence-corrected chi connectivity index (χ4v) is 2.56. The Balaban J connectivity index is 2.27. The summed E-state index contributed by atoms with van der Waals surface area (Å²) in [6.07, 6.45) is 0. The molecule has 90 valence electrons. The first kappa shape index (κ1) is 10.4. The highest BCUT2D eigenvalue weighted by atomic mass is 19.1. The summed E-state index contributed by atoms with van der Waals surface area (Å²) in [7, 11) is 0. The van der Waals surface area contributed by atoms with Gasteiger partial charge in [0.1, 0.15) is 11.3 Å². The largest absolute Gasteiger partial charge is 0.244 e. The van der Waals surface area contributed by atoms with Crippen molar-refractivity contribution >= 4 is 32.6 Å². The summed E-state index contributed by atoms with van der Waals surface area (Å²) in [4.78, 5) is 4.53. The molecule has 0 unspecified atom stereocenters. The van der Waals surface area contributed by atoms with Gasteiger partial charge in [-0.1, -0.05) is 48.5 Å². The summed E-state index contributed by atoms with van der Waals surface area (Å²) in [5, 5.41) is 4.06. The summed E-state index contributed by atoms with van der Waals surface area (Å²) >= 11 is 0. The summed E-state index contributed by atoms with van der Waals surface area (Å²) in [6, 6.07) is 19.2. The number of hydrogen-bond acceptors (Lipinski definition) is 1. The van der Waals surface area contributed by atoms with Gasteiger partial charge >= 0.3 is 0 Å². The van der Waals surface area contributed by atoms with Gasteiger partial charge in [0, 0.05) is 16.2 Å². The molecule has 0 aliphatic rings. The number of fused-ring (bicyclic) bond motifs is 4. The zero-order valence-electron chi connectivity index (χ0n) is 10.1. The molecule has 2 heteroatoms. The topological polar surface area (TPSA) is 12.9 Å². The number of pyridine rings is 1. The van der Waals surface area contributed by atoms with Crippen molar-refractivity contribution in [1.82, 2.24) is 4.98 Å². The molecule has 3 aromatic carbocycles. The molecule has 1 aromatic heterocycles. The smallest absolute Gasteiger partial charge is 0.149 e. The van der Waals surface area contributed by atoms with E-state index in [1.165, 1.54) is 6.07 Å². The average Bonchev–Trinajstić information content (AvgIpc) is 2.46. The van der Waals surface area contributed by atoms with Crippen molar-refractivity contribution in [2.45, 2.75) is 0 Å². The van der Waals surface area contributed by atoms with E-state index < -0.39 is 0 Å². The van der Waals surface area contributed by atoms with Gasteiger partial charge in [-0.05, 0) is 17.5 Å². The third-order valence-corrected chi connectivity index (χ3v) is 3.48. The minimum absolute atomic E-state index is 0.271. The van der Waals surface area contributed by atoms with E-state index in [-0.39, 0.29) is 5.82 Å². The number of para-hydroxylation sites is 1. The molecular formula is C17H10FN. The number of nitrogens with zero attached hydrogens (tertiary/aromatic N) is 1. The molecule has 0 spiro atoms. The standard InChI is InChI=1S/C17H10FN/c18-15-7-3-5-12-10-13-9-8-11-4-1-2-6-14(11)16(13)19-17(12)15/h1-10H. The average molecular weight is 247 g/mol. The fourth-order valence-electron chi connectivity index (χ4n) is 2.56. The summed E-state index contributed by atoms with van der Waals surface area (Å²) in [5.74, 6) is -0.271. The minimum atomic E-state index is -0.271. The highest BCUT2D eigenvalue weighted by Gasteiger charge is 2.06. The summed E-state index contributed by atoms with van der Waals surface area (Å²) in [5.41, 5.74) is 1.29. The van der Waals surface area contributed by atoms with Crippen LogP contribution in [0.15, 0.2) is 60.7 Å². The maximum atomic E-state index is 13.9. The van der Waals surface area contributed by atoms with Crippen LogP contribution < -0.4 is 0 Å². The van der Waals surface area contributed by atoms with Crippen LogP contribution >= 0.6 is 0 Å². The van der Waals surface area contributed by atoms with Crippen LogP contribution in [0.1, 0.15) is 0 Å². The quantitative estimate of drug-likeness (QED) is 0.325. The van der Waals surface area contributed by atoms with Crippen molar-refractivity contribution in [3.8, 4) is 0 Å². The molecule has 0 fully saturated rings. The number of rotatable bonds is 0. The first-order chi connectivity index (χ1) is 9.33. The molecule has 0 atom stereocenters. The van der Waals surface area contributed by atoms with Crippen LogP contribution in [0.2, 0.25) is 0 Å². The maximum absolute atomic E-state index is 13.9. The van der Waals surface area contributed by atoms with Crippen molar-refractivity contribution in [2.75, 3.05) is 0 Å². The first-order valence-electron chi connectivity index (χ1n) is 6.20. The lowest BCUT2D eigenvalue weighted by molar-refractivity contribution is 0.637. The second-order valence-corrected chi connectivity index (χ2v) is 4.66. The third kappa shape index (κ3) is 1.50. The zero-order valence-corrected chi connectivity index (χ0v) is 10.1. The number of benzene rings is 3. The zero-order chi connectivity index (χ0) is 12.8. The van der Waals surface area contributed by atoms with E-state index >= 15 is 0 Å². The van der Waals surface area contributed by atoms with E-state index in [9.17, 15) is 4.39 Å². The lowest BCUT2D eigenvalue weighted by Gasteiger charge is -2.05. The molecule has 0 radical (unpaired) electrons. The van der Waals surface area contributed by atoms with Crippen molar-refractivity contribution in [3.05, 3.63) is 66.5 Å². The lowest BCUT2D eigenvalue weighted by atomic mass is 10.0. The van der Waals surface area contributed by atoms with Gasteiger partial charge in [0.05, 0.1) is 5.52 Å². The Hall–Kier alpha value is -2.48. The Bertz CT molecular complexity index is 928. The fraction of sp³-hybridized carbons (Fsp3) is 0. The van der Waals surface area contributed by atoms with E-state index in [0.717, 1.165) is 27.1 Å². The molecule has 0 aliphatic carbocycles. The van der Waals surface area contributed by atoms with E-state index in [1.54, 1.807) is 6.07 Å². The molecule has 0 saturated carbocycles. The first-order valence-corrected chi connectivity index (χ1v) is 6.20. The molecule has 0 N–H and O–H groups in total. The van der Waals surface area contributed by atoms with Gasteiger partial charge in [-0.25, -0.2) is 9.37 Å². The van der Waals surface area contributed by atoms with Crippen LogP contribution in [-0.2, 0) is 0 Å². The van der Waals surface area contributed by atoms with Crippen molar-refractivity contribution in [1.29, 1.82) is 0 Å². The third-order valence-electron chi connectivity index (χ3n) is 3.48. The van der Waals surface area contributed by atoms with Crippen LogP contribution in [0.5, 0.6) is 0 Å². The summed E-state index contributed by atoms with van der Waals surface area (Å²) in [6.45, 7) is 0. The van der Waals surface area contributed by atoms with E-state index in [0.29, 0.717) is 5.52 Å². The maximum Gasteiger partial charge on any atom is 0.149 e. The van der Waals surface area contributed by atoms with Crippen LogP contribution in [0, 0.1) is 5.82 Å². The highest BCUT2D eigenvalue weighted by molar-refractivity contribution is 6.08. The van der Waals surface area contributed by atoms with Crippen molar-refractivity contribution in [2.24, 2.45) is 0 Å². The van der Waals surface area contributed by atoms with E-state index in [1.807, 2.05) is 42.5 Å². The van der Waals surface area contributed by atoms with E-state index in [4.69, 9.17) is 0 Å². The SMILES string of the molecule is Fc1cccc2cc3ccc4ccccc4c3nc12. The normalized spacial score (nSPS) is 11.4. The monoisotopic (exact) mass is 247 g/mol. The number of halogens is 1. The molecule has 4 aromatic rings. The molecule has 1 heterocycles.